The summed E-state index contributed by atoms with van der Waals surface area (Å²) in [6.07, 6.45) is -0.956. The van der Waals surface area contributed by atoms with Crippen molar-refractivity contribution in [2.24, 2.45) is 17.8 Å². The Hall–Kier alpha value is -4.21. The van der Waals surface area contributed by atoms with Crippen molar-refractivity contribution in [2.75, 3.05) is 7.11 Å². The Bertz CT molecular complexity index is 1150. The highest BCUT2D eigenvalue weighted by Gasteiger charge is 2.46. The molecule has 1 unspecified atom stereocenters. The lowest BCUT2D eigenvalue weighted by Gasteiger charge is -2.26. The predicted octanol–water partition coefficient (Wildman–Crippen LogP) is 2.53. The molecule has 10 heteroatoms. The fourth-order valence-corrected chi connectivity index (χ4v) is 4.10. The standard InChI is InChI=1S/C27H31N3O7/c1-15(2)23(24(32)22-16(3)25(33)30-26(22)34)29-21(31)14-20(17-8-6-5-7-9-17)28-27(35)37-19-12-10-18(36-4)11-13-19/h5-13,15-16,20,22-23H,14H2,1-4H3,(H,28,35)(H,29,31)(H,30,33,34)/t16-,20?,22+,23-/m0/s1. The Kier molecular flexibility index (Phi) is 9.00. The first kappa shape index (κ1) is 27.4. The maximum Gasteiger partial charge on any atom is 0.413 e. The summed E-state index contributed by atoms with van der Waals surface area (Å²) < 4.78 is 10.4. The molecular weight excluding hydrogens is 478 g/mol. The van der Waals surface area contributed by atoms with E-state index in [-0.39, 0.29) is 12.3 Å². The van der Waals surface area contributed by atoms with Crippen LogP contribution in [0.3, 0.4) is 0 Å². The number of hydrogen-bond acceptors (Lipinski definition) is 7. The van der Waals surface area contributed by atoms with Crippen LogP contribution in [0.2, 0.25) is 0 Å². The Morgan fingerprint density at radius 3 is 2.08 bits per heavy atom. The molecule has 0 saturated carbocycles. The zero-order valence-electron chi connectivity index (χ0n) is 21.1. The number of methoxy groups -OCH3 is 1. The summed E-state index contributed by atoms with van der Waals surface area (Å²) in [4.78, 5) is 62.9. The van der Waals surface area contributed by atoms with Gasteiger partial charge in [-0.25, -0.2) is 4.79 Å². The van der Waals surface area contributed by atoms with E-state index in [0.717, 1.165) is 0 Å². The van der Waals surface area contributed by atoms with Gasteiger partial charge in [0.2, 0.25) is 17.7 Å². The van der Waals surface area contributed by atoms with Crippen molar-refractivity contribution >= 4 is 29.6 Å². The zero-order valence-corrected chi connectivity index (χ0v) is 21.1. The summed E-state index contributed by atoms with van der Waals surface area (Å²) in [5.74, 6) is -3.63. The minimum absolute atomic E-state index is 0.191. The smallest absolute Gasteiger partial charge is 0.413 e. The van der Waals surface area contributed by atoms with Gasteiger partial charge in [0.15, 0.2) is 5.78 Å². The second-order valence-corrected chi connectivity index (χ2v) is 9.19. The van der Waals surface area contributed by atoms with E-state index in [2.05, 4.69) is 16.0 Å². The van der Waals surface area contributed by atoms with Crippen molar-refractivity contribution in [2.45, 2.75) is 39.3 Å². The molecule has 196 valence electrons. The van der Waals surface area contributed by atoms with Gasteiger partial charge in [-0.05, 0) is 35.7 Å². The molecule has 3 rings (SSSR count). The largest absolute Gasteiger partial charge is 0.497 e. The van der Waals surface area contributed by atoms with E-state index in [9.17, 15) is 24.0 Å². The van der Waals surface area contributed by atoms with Crippen molar-refractivity contribution in [3.05, 3.63) is 60.2 Å². The first-order chi connectivity index (χ1) is 17.6. The highest BCUT2D eigenvalue weighted by Crippen LogP contribution is 2.24. The van der Waals surface area contributed by atoms with Crippen molar-refractivity contribution < 1.29 is 33.4 Å². The molecule has 1 fully saturated rings. The lowest BCUT2D eigenvalue weighted by atomic mass is 9.85. The molecule has 1 aliphatic heterocycles. The van der Waals surface area contributed by atoms with Crippen LogP contribution in [0.4, 0.5) is 4.79 Å². The van der Waals surface area contributed by atoms with Gasteiger partial charge in [0.1, 0.15) is 17.4 Å². The first-order valence-corrected chi connectivity index (χ1v) is 12.0. The Morgan fingerprint density at radius 2 is 1.54 bits per heavy atom. The number of Topliss-reactive ketones (excluding diaryl/α,β-unsaturated/α-hetero) is 1. The van der Waals surface area contributed by atoms with Gasteiger partial charge in [0.05, 0.1) is 31.5 Å². The number of carbonyl (C=O) groups excluding carboxylic acids is 5. The molecule has 1 aliphatic rings. The molecule has 2 aromatic rings. The zero-order chi connectivity index (χ0) is 27.1. The lowest BCUT2D eigenvalue weighted by molar-refractivity contribution is -0.137. The summed E-state index contributed by atoms with van der Waals surface area (Å²) in [5, 5.41) is 7.57. The molecule has 2 aromatic carbocycles. The normalized spacial score (nSPS) is 18.5. The average Bonchev–Trinajstić information content (AvgIpc) is 3.13. The Morgan fingerprint density at radius 1 is 0.919 bits per heavy atom. The molecule has 10 nitrogen and oxygen atoms in total. The minimum Gasteiger partial charge on any atom is -0.497 e. The third kappa shape index (κ3) is 6.93. The number of hydrogen-bond donors (Lipinski definition) is 3. The topological polar surface area (TPSA) is 140 Å². The second-order valence-electron chi connectivity index (χ2n) is 9.19. The van der Waals surface area contributed by atoms with Crippen molar-refractivity contribution in [1.82, 2.24) is 16.0 Å². The number of ether oxygens (including phenoxy) is 2. The number of amides is 4. The van der Waals surface area contributed by atoms with Gasteiger partial charge in [-0.3, -0.25) is 24.5 Å². The fraction of sp³-hybridized carbons (Fsp3) is 0.370. The third-order valence-electron chi connectivity index (χ3n) is 6.19. The molecule has 0 radical (unpaired) electrons. The highest BCUT2D eigenvalue weighted by molar-refractivity contribution is 6.16. The molecule has 0 aromatic heterocycles. The predicted molar refractivity (Wildman–Crippen MR) is 134 cm³/mol. The average molecular weight is 510 g/mol. The number of rotatable bonds is 10. The fourth-order valence-electron chi connectivity index (χ4n) is 4.10. The maximum atomic E-state index is 13.1. The van der Waals surface area contributed by atoms with E-state index in [0.29, 0.717) is 17.1 Å². The summed E-state index contributed by atoms with van der Waals surface area (Å²) >= 11 is 0. The van der Waals surface area contributed by atoms with E-state index in [1.165, 1.54) is 14.0 Å². The van der Waals surface area contributed by atoms with Gasteiger partial charge in [-0.2, -0.15) is 0 Å². The van der Waals surface area contributed by atoms with Crippen molar-refractivity contribution in [1.29, 1.82) is 0 Å². The van der Waals surface area contributed by atoms with Crippen LogP contribution in [-0.2, 0) is 19.2 Å². The van der Waals surface area contributed by atoms with Crippen LogP contribution in [0.25, 0.3) is 0 Å². The SMILES string of the molecule is COc1ccc(OC(=O)NC(CC(=O)N[C@H](C(=O)[C@@H]2C(=O)NC(=O)[C@H]2C)C(C)C)c2ccccc2)cc1. The number of ketones is 1. The molecule has 1 heterocycles. The molecule has 0 bridgehead atoms. The van der Waals surface area contributed by atoms with E-state index in [1.54, 1.807) is 68.4 Å². The summed E-state index contributed by atoms with van der Waals surface area (Å²) in [6, 6.07) is 13.6. The van der Waals surface area contributed by atoms with Crippen LogP contribution in [0.5, 0.6) is 11.5 Å². The third-order valence-corrected chi connectivity index (χ3v) is 6.19. The van der Waals surface area contributed by atoms with Crippen LogP contribution in [0, 0.1) is 17.8 Å². The van der Waals surface area contributed by atoms with Gasteiger partial charge in [-0.1, -0.05) is 51.1 Å². The molecule has 4 amide bonds. The van der Waals surface area contributed by atoms with Crippen LogP contribution < -0.4 is 25.4 Å². The van der Waals surface area contributed by atoms with Gasteiger partial charge >= 0.3 is 6.09 Å². The monoisotopic (exact) mass is 509 g/mol. The maximum absolute atomic E-state index is 13.1. The molecule has 3 N–H and O–H groups in total. The van der Waals surface area contributed by atoms with Crippen LogP contribution in [0.15, 0.2) is 54.6 Å². The highest BCUT2D eigenvalue weighted by atomic mass is 16.6. The number of nitrogens with one attached hydrogen (secondary N) is 3. The van der Waals surface area contributed by atoms with Gasteiger partial charge in [0.25, 0.3) is 0 Å². The molecular formula is C27H31N3O7. The van der Waals surface area contributed by atoms with E-state index >= 15 is 0 Å². The molecule has 1 saturated heterocycles. The van der Waals surface area contributed by atoms with E-state index in [1.807, 2.05) is 0 Å². The molecule has 4 atom stereocenters. The quantitative estimate of drug-likeness (QED) is 0.330. The van der Waals surface area contributed by atoms with Gasteiger partial charge in [-0.15, -0.1) is 0 Å². The van der Waals surface area contributed by atoms with Crippen molar-refractivity contribution in [3.8, 4) is 11.5 Å². The Labute approximate surface area is 215 Å². The van der Waals surface area contributed by atoms with Gasteiger partial charge in [0, 0.05) is 0 Å². The number of carbonyl (C=O) groups is 5. The number of imide groups is 1. The van der Waals surface area contributed by atoms with E-state index < -0.39 is 53.5 Å². The van der Waals surface area contributed by atoms with Crippen LogP contribution in [0.1, 0.15) is 38.8 Å². The van der Waals surface area contributed by atoms with Crippen LogP contribution >= 0.6 is 0 Å². The first-order valence-electron chi connectivity index (χ1n) is 12.0. The minimum atomic E-state index is -1.16. The molecule has 0 spiro atoms. The van der Waals surface area contributed by atoms with Crippen LogP contribution in [-0.4, -0.2) is 42.7 Å². The van der Waals surface area contributed by atoms with Gasteiger partial charge < -0.3 is 20.1 Å². The second kappa shape index (κ2) is 12.2. The summed E-state index contributed by atoms with van der Waals surface area (Å²) in [6.45, 7) is 4.98. The van der Waals surface area contributed by atoms with Crippen molar-refractivity contribution in [3.63, 3.8) is 0 Å². The molecule has 37 heavy (non-hydrogen) atoms. The lowest BCUT2D eigenvalue weighted by Crippen LogP contribution is -2.49. The molecule has 0 aliphatic carbocycles. The Balaban J connectivity index is 1.71. The summed E-state index contributed by atoms with van der Waals surface area (Å²) in [5.41, 5.74) is 0.658. The van der Waals surface area contributed by atoms with E-state index in [4.69, 9.17) is 9.47 Å². The summed E-state index contributed by atoms with van der Waals surface area (Å²) in [7, 11) is 1.53. The number of benzene rings is 2.